The minimum Gasteiger partial charge on any atom is -0.370 e. The van der Waals surface area contributed by atoms with Crippen molar-refractivity contribution in [3.63, 3.8) is 0 Å². The van der Waals surface area contributed by atoms with Crippen LogP contribution in [0.3, 0.4) is 0 Å². The number of nitrogens with one attached hydrogen (secondary N) is 1. The molecule has 4 heteroatoms. The Morgan fingerprint density at radius 2 is 2.31 bits per heavy atom. The smallest absolute Gasteiger partial charge is 0.130 e. The Hall–Kier alpha value is -0.770. The fourth-order valence-electron chi connectivity index (χ4n) is 2.31. The average molecular weight is 237 g/mol. The lowest BCUT2D eigenvalue weighted by Gasteiger charge is -2.11. The first-order chi connectivity index (χ1) is 7.78. The zero-order chi connectivity index (χ0) is 11.4. The highest BCUT2D eigenvalue weighted by molar-refractivity contribution is 7.98. The summed E-state index contributed by atoms with van der Waals surface area (Å²) in [5, 5.41) is 4.44. The molecule has 1 aliphatic rings. The summed E-state index contributed by atoms with van der Waals surface area (Å²) >= 11 is 1.65. The van der Waals surface area contributed by atoms with E-state index in [1.165, 1.54) is 19.3 Å². The van der Waals surface area contributed by atoms with E-state index in [9.17, 15) is 0 Å². The van der Waals surface area contributed by atoms with Crippen LogP contribution in [-0.4, -0.2) is 22.8 Å². The second-order valence-corrected chi connectivity index (χ2v) is 5.44. The van der Waals surface area contributed by atoms with Gasteiger partial charge in [-0.3, -0.25) is 0 Å². The highest BCUT2D eigenvalue weighted by atomic mass is 32.2. The van der Waals surface area contributed by atoms with Crippen molar-refractivity contribution in [3.8, 4) is 0 Å². The number of aromatic nitrogens is 2. The van der Waals surface area contributed by atoms with Gasteiger partial charge in [0, 0.05) is 12.6 Å². The molecular formula is C12H19N3S. The zero-order valence-electron chi connectivity index (χ0n) is 9.94. The van der Waals surface area contributed by atoms with Gasteiger partial charge in [-0.2, -0.15) is 0 Å². The zero-order valence-corrected chi connectivity index (χ0v) is 10.8. The lowest BCUT2D eigenvalue weighted by molar-refractivity contribution is 0.536. The number of rotatable bonds is 4. The maximum absolute atomic E-state index is 4.23. The van der Waals surface area contributed by atoms with E-state index in [0.29, 0.717) is 0 Å². The molecule has 2 unspecified atom stereocenters. The first-order valence-corrected chi connectivity index (χ1v) is 7.10. The van der Waals surface area contributed by atoms with Gasteiger partial charge >= 0.3 is 0 Å². The Labute approximate surface area is 101 Å². The topological polar surface area (TPSA) is 37.8 Å². The molecule has 0 radical (unpaired) electrons. The van der Waals surface area contributed by atoms with Crippen molar-refractivity contribution in [2.45, 2.75) is 31.2 Å². The second kappa shape index (κ2) is 5.53. The van der Waals surface area contributed by atoms with Crippen LogP contribution in [0.4, 0.5) is 5.82 Å². The molecule has 1 fully saturated rings. The molecule has 2 rings (SSSR count). The van der Waals surface area contributed by atoms with Crippen LogP contribution < -0.4 is 5.32 Å². The van der Waals surface area contributed by atoms with Gasteiger partial charge in [0.15, 0.2) is 0 Å². The van der Waals surface area contributed by atoms with Crippen molar-refractivity contribution in [2.75, 3.05) is 18.1 Å². The van der Waals surface area contributed by atoms with Gasteiger partial charge in [0.2, 0.25) is 0 Å². The molecule has 0 spiro atoms. The van der Waals surface area contributed by atoms with E-state index in [4.69, 9.17) is 0 Å². The van der Waals surface area contributed by atoms with Crippen molar-refractivity contribution in [1.82, 2.24) is 9.97 Å². The van der Waals surface area contributed by atoms with Crippen LogP contribution in [0, 0.1) is 11.8 Å². The van der Waals surface area contributed by atoms with Gasteiger partial charge in [0.1, 0.15) is 17.2 Å². The van der Waals surface area contributed by atoms with E-state index < -0.39 is 0 Å². The molecule has 0 aliphatic heterocycles. The SMILES string of the molecule is CSc1cc(NCC2CCC(C)C2)ncn1. The predicted molar refractivity (Wildman–Crippen MR) is 68.8 cm³/mol. The Balaban J connectivity index is 1.84. The third-order valence-corrected chi connectivity index (χ3v) is 3.87. The molecule has 1 aromatic rings. The van der Waals surface area contributed by atoms with E-state index in [2.05, 4.69) is 22.2 Å². The van der Waals surface area contributed by atoms with E-state index in [1.54, 1.807) is 18.1 Å². The van der Waals surface area contributed by atoms with Crippen LogP contribution >= 0.6 is 11.8 Å². The molecule has 1 saturated carbocycles. The van der Waals surface area contributed by atoms with Gasteiger partial charge in [0.05, 0.1) is 0 Å². The Kier molecular flexibility index (Phi) is 4.04. The molecule has 0 bridgehead atoms. The molecule has 0 amide bonds. The molecule has 3 nitrogen and oxygen atoms in total. The molecule has 1 aromatic heterocycles. The molecule has 1 N–H and O–H groups in total. The van der Waals surface area contributed by atoms with E-state index in [-0.39, 0.29) is 0 Å². The lowest BCUT2D eigenvalue weighted by atomic mass is 10.1. The van der Waals surface area contributed by atoms with Crippen molar-refractivity contribution in [3.05, 3.63) is 12.4 Å². The summed E-state index contributed by atoms with van der Waals surface area (Å²) in [6.07, 6.45) is 7.75. The highest BCUT2D eigenvalue weighted by Gasteiger charge is 2.20. The van der Waals surface area contributed by atoms with Gasteiger partial charge in [-0.25, -0.2) is 9.97 Å². The van der Waals surface area contributed by atoms with Crippen LogP contribution in [0.1, 0.15) is 26.2 Å². The molecule has 1 heterocycles. The highest BCUT2D eigenvalue weighted by Crippen LogP contribution is 2.30. The predicted octanol–water partition coefficient (Wildman–Crippen LogP) is 3.05. The van der Waals surface area contributed by atoms with E-state index in [1.807, 2.05) is 12.3 Å². The van der Waals surface area contributed by atoms with Crippen LogP contribution in [0.5, 0.6) is 0 Å². The summed E-state index contributed by atoms with van der Waals surface area (Å²) in [6, 6.07) is 2.02. The Morgan fingerprint density at radius 3 is 3.00 bits per heavy atom. The minimum atomic E-state index is 0.822. The molecule has 2 atom stereocenters. The third-order valence-electron chi connectivity index (χ3n) is 3.23. The molecule has 88 valence electrons. The maximum atomic E-state index is 4.23. The number of anilines is 1. The largest absolute Gasteiger partial charge is 0.370 e. The summed E-state index contributed by atoms with van der Waals surface area (Å²) in [6.45, 7) is 3.39. The van der Waals surface area contributed by atoms with Gasteiger partial charge in [-0.1, -0.05) is 13.3 Å². The fourth-order valence-corrected chi connectivity index (χ4v) is 2.69. The quantitative estimate of drug-likeness (QED) is 0.645. The number of nitrogens with zero attached hydrogens (tertiary/aromatic N) is 2. The third kappa shape index (κ3) is 3.11. The first-order valence-electron chi connectivity index (χ1n) is 5.88. The van der Waals surface area contributed by atoms with Gasteiger partial charge in [-0.05, 0) is 30.9 Å². The van der Waals surface area contributed by atoms with Gasteiger partial charge in [0.25, 0.3) is 0 Å². The van der Waals surface area contributed by atoms with Crippen LogP contribution in [0.2, 0.25) is 0 Å². The number of thioether (sulfide) groups is 1. The Bertz CT molecular complexity index is 343. The first kappa shape index (κ1) is 11.7. The summed E-state index contributed by atoms with van der Waals surface area (Å²) in [4.78, 5) is 8.39. The normalized spacial score (nSPS) is 24.6. The number of hydrogen-bond acceptors (Lipinski definition) is 4. The fraction of sp³-hybridized carbons (Fsp3) is 0.667. The summed E-state index contributed by atoms with van der Waals surface area (Å²) in [5.74, 6) is 2.68. The van der Waals surface area contributed by atoms with E-state index in [0.717, 1.165) is 29.2 Å². The number of hydrogen-bond donors (Lipinski definition) is 1. The van der Waals surface area contributed by atoms with Gasteiger partial charge in [-0.15, -0.1) is 11.8 Å². The van der Waals surface area contributed by atoms with Crippen molar-refractivity contribution in [1.29, 1.82) is 0 Å². The van der Waals surface area contributed by atoms with Crippen LogP contribution in [0.15, 0.2) is 17.4 Å². The lowest BCUT2D eigenvalue weighted by Crippen LogP contribution is -2.12. The molecule has 0 aromatic carbocycles. The molecule has 16 heavy (non-hydrogen) atoms. The monoisotopic (exact) mass is 237 g/mol. The summed E-state index contributed by atoms with van der Waals surface area (Å²) < 4.78 is 0. The van der Waals surface area contributed by atoms with Crippen LogP contribution in [-0.2, 0) is 0 Å². The molecular weight excluding hydrogens is 218 g/mol. The summed E-state index contributed by atoms with van der Waals surface area (Å²) in [5.41, 5.74) is 0. The standard InChI is InChI=1S/C12H19N3S/c1-9-3-4-10(5-9)7-13-11-6-12(16-2)15-8-14-11/h6,8-10H,3-5,7H2,1-2H3,(H,13,14,15). The van der Waals surface area contributed by atoms with Gasteiger partial charge < -0.3 is 5.32 Å². The van der Waals surface area contributed by atoms with Crippen molar-refractivity contribution in [2.24, 2.45) is 11.8 Å². The van der Waals surface area contributed by atoms with Crippen LogP contribution in [0.25, 0.3) is 0 Å². The summed E-state index contributed by atoms with van der Waals surface area (Å²) in [7, 11) is 0. The Morgan fingerprint density at radius 1 is 1.44 bits per heavy atom. The van der Waals surface area contributed by atoms with E-state index >= 15 is 0 Å². The second-order valence-electron chi connectivity index (χ2n) is 4.61. The maximum Gasteiger partial charge on any atom is 0.130 e. The average Bonchev–Trinajstić information content (AvgIpc) is 2.73. The molecule has 0 saturated heterocycles. The van der Waals surface area contributed by atoms with Crippen molar-refractivity contribution < 1.29 is 0 Å². The minimum absolute atomic E-state index is 0.822. The molecule has 1 aliphatic carbocycles. The van der Waals surface area contributed by atoms with Crippen molar-refractivity contribution >= 4 is 17.6 Å².